The molecule has 12 heavy (non-hydrogen) atoms. The summed E-state index contributed by atoms with van der Waals surface area (Å²) in [6.45, 7) is 0. The average Bonchev–Trinajstić information content (AvgIpc) is 2.05. The second kappa shape index (κ2) is 2.86. The number of aliphatic hydroxyl groups excluding tert-OH is 1. The molecule has 0 heterocycles. The molecule has 2 unspecified atom stereocenters. The summed E-state index contributed by atoms with van der Waals surface area (Å²) in [4.78, 5) is 20.1. The summed E-state index contributed by atoms with van der Waals surface area (Å²) in [6, 6.07) is 0. The van der Waals surface area contributed by atoms with E-state index in [0.717, 1.165) is 6.08 Å². The minimum Gasteiger partial charge on any atom is -0.381 e. The zero-order valence-electron chi connectivity index (χ0n) is 6.08. The van der Waals surface area contributed by atoms with Crippen LogP contribution in [0.25, 0.3) is 0 Å². The van der Waals surface area contributed by atoms with E-state index in [9.17, 15) is 20.0 Å². The minimum atomic E-state index is -1.99. The summed E-state index contributed by atoms with van der Waals surface area (Å²) >= 11 is 0. The summed E-state index contributed by atoms with van der Waals surface area (Å²) in [6.07, 6.45) is 3.86. The number of carbonyl (C=O) groups is 1. The molecule has 0 bridgehead atoms. The van der Waals surface area contributed by atoms with Crippen LogP contribution < -0.4 is 0 Å². The van der Waals surface area contributed by atoms with E-state index in [4.69, 9.17) is 0 Å². The van der Waals surface area contributed by atoms with Gasteiger partial charge in [-0.05, 0) is 6.08 Å². The number of nitrogens with zero attached hydrogens (tertiary/aromatic N) is 1. The molecule has 0 aromatic heterocycles. The summed E-state index contributed by atoms with van der Waals surface area (Å²) in [7, 11) is 0. The Labute approximate surface area is 68.2 Å². The Bertz CT molecular complexity index is 271. The second-order valence-electron chi connectivity index (χ2n) is 2.45. The highest BCUT2D eigenvalue weighted by Gasteiger charge is 2.47. The Morgan fingerprint density at radius 3 is 2.58 bits per heavy atom. The number of rotatable bonds is 2. The maximum atomic E-state index is 10.4. The smallest absolute Gasteiger partial charge is 0.323 e. The zero-order valence-corrected chi connectivity index (χ0v) is 6.08. The molecule has 0 saturated heterocycles. The molecule has 5 nitrogen and oxygen atoms in total. The molecule has 5 heteroatoms. The predicted molar refractivity (Wildman–Crippen MR) is 40.1 cm³/mol. The molecule has 0 amide bonds. The molecule has 2 atom stereocenters. The van der Waals surface area contributed by atoms with E-state index < -0.39 is 16.6 Å². The van der Waals surface area contributed by atoms with Gasteiger partial charge in [0.25, 0.3) is 0 Å². The largest absolute Gasteiger partial charge is 0.381 e. The highest BCUT2D eigenvalue weighted by atomic mass is 16.6. The Morgan fingerprint density at radius 1 is 1.58 bits per heavy atom. The van der Waals surface area contributed by atoms with Gasteiger partial charge in [-0.2, -0.15) is 0 Å². The van der Waals surface area contributed by atoms with E-state index in [1.54, 1.807) is 0 Å². The van der Waals surface area contributed by atoms with Crippen molar-refractivity contribution in [1.29, 1.82) is 0 Å². The number of nitro groups is 1. The van der Waals surface area contributed by atoms with Crippen LogP contribution >= 0.6 is 0 Å². The standard InChI is InChI=1S/C7H7NO4/c9-5-7(8(11)12)4-2-1-3-6(7)10/h1-6,10H. The van der Waals surface area contributed by atoms with E-state index in [1.165, 1.54) is 18.2 Å². The lowest BCUT2D eigenvalue weighted by Crippen LogP contribution is -2.49. The average molecular weight is 169 g/mol. The van der Waals surface area contributed by atoms with Gasteiger partial charge >= 0.3 is 5.54 Å². The zero-order chi connectivity index (χ0) is 9.19. The third-order valence-corrected chi connectivity index (χ3v) is 1.75. The van der Waals surface area contributed by atoms with E-state index in [0.29, 0.717) is 0 Å². The van der Waals surface area contributed by atoms with Gasteiger partial charge in [-0.15, -0.1) is 0 Å². The summed E-state index contributed by atoms with van der Waals surface area (Å²) in [5, 5.41) is 19.6. The lowest BCUT2D eigenvalue weighted by atomic mass is 9.91. The molecule has 0 radical (unpaired) electrons. The third-order valence-electron chi connectivity index (χ3n) is 1.75. The minimum absolute atomic E-state index is 0.137. The van der Waals surface area contributed by atoms with Gasteiger partial charge in [-0.3, -0.25) is 14.9 Å². The van der Waals surface area contributed by atoms with Crippen LogP contribution in [0.5, 0.6) is 0 Å². The molecule has 1 aliphatic carbocycles. The quantitative estimate of drug-likeness (QED) is 0.349. The maximum Gasteiger partial charge on any atom is 0.323 e. The molecule has 0 aromatic rings. The molecular weight excluding hydrogens is 162 g/mol. The van der Waals surface area contributed by atoms with Crippen molar-refractivity contribution in [3.8, 4) is 0 Å². The highest BCUT2D eigenvalue weighted by Crippen LogP contribution is 2.19. The molecule has 1 aliphatic rings. The van der Waals surface area contributed by atoms with Crippen LogP contribution in [0.4, 0.5) is 0 Å². The molecule has 0 aliphatic heterocycles. The fourth-order valence-electron chi connectivity index (χ4n) is 0.953. The number of hydrogen-bond acceptors (Lipinski definition) is 4. The van der Waals surface area contributed by atoms with Crippen LogP contribution in [0.1, 0.15) is 0 Å². The third kappa shape index (κ3) is 1.04. The lowest BCUT2D eigenvalue weighted by molar-refractivity contribution is -0.545. The van der Waals surface area contributed by atoms with Crippen molar-refractivity contribution in [3.05, 3.63) is 34.4 Å². The molecule has 0 fully saturated rings. The van der Waals surface area contributed by atoms with Crippen LogP contribution in [0.2, 0.25) is 0 Å². The van der Waals surface area contributed by atoms with Gasteiger partial charge < -0.3 is 5.11 Å². The monoisotopic (exact) mass is 169 g/mol. The summed E-state index contributed by atoms with van der Waals surface area (Å²) in [5.41, 5.74) is -1.99. The number of carbonyl (C=O) groups excluding carboxylic acids is 1. The van der Waals surface area contributed by atoms with E-state index in [2.05, 4.69) is 0 Å². The summed E-state index contributed by atoms with van der Waals surface area (Å²) in [5.74, 6) is 0. The normalized spacial score (nSPS) is 33.2. The topological polar surface area (TPSA) is 80.4 Å². The first-order chi connectivity index (χ1) is 5.63. The molecule has 0 spiro atoms. The van der Waals surface area contributed by atoms with Gasteiger partial charge in [-0.1, -0.05) is 12.2 Å². The van der Waals surface area contributed by atoms with E-state index >= 15 is 0 Å². The fourth-order valence-corrected chi connectivity index (χ4v) is 0.953. The van der Waals surface area contributed by atoms with Crippen molar-refractivity contribution in [2.45, 2.75) is 11.6 Å². The van der Waals surface area contributed by atoms with Gasteiger partial charge in [0.2, 0.25) is 6.29 Å². The molecule has 1 N–H and O–H groups in total. The number of aldehydes is 1. The van der Waals surface area contributed by atoms with Crippen molar-refractivity contribution in [2.24, 2.45) is 0 Å². The predicted octanol–water partition coefficient (Wildman–Crippen LogP) is -0.312. The first kappa shape index (κ1) is 8.61. The SMILES string of the molecule is O=CC1([N+](=O)[O-])C=CC=CC1O. The van der Waals surface area contributed by atoms with Gasteiger partial charge in [0.05, 0.1) is 0 Å². The van der Waals surface area contributed by atoms with Crippen molar-refractivity contribution in [3.63, 3.8) is 0 Å². The van der Waals surface area contributed by atoms with Crippen molar-refractivity contribution in [2.75, 3.05) is 0 Å². The first-order valence-corrected chi connectivity index (χ1v) is 3.28. The van der Waals surface area contributed by atoms with Crippen LogP contribution in [0.15, 0.2) is 24.3 Å². The van der Waals surface area contributed by atoms with Crippen LogP contribution in [-0.4, -0.2) is 28.0 Å². The maximum absolute atomic E-state index is 10.4. The second-order valence-corrected chi connectivity index (χ2v) is 2.45. The van der Waals surface area contributed by atoms with Crippen molar-refractivity contribution < 1.29 is 14.8 Å². The van der Waals surface area contributed by atoms with Crippen LogP contribution in [0, 0.1) is 10.1 Å². The molecule has 64 valence electrons. The Hall–Kier alpha value is -1.49. The number of aliphatic hydroxyl groups is 1. The molecular formula is C7H7NO4. The van der Waals surface area contributed by atoms with Crippen molar-refractivity contribution in [1.82, 2.24) is 0 Å². The molecule has 0 saturated carbocycles. The number of hydrogen-bond donors (Lipinski definition) is 1. The van der Waals surface area contributed by atoms with Gasteiger partial charge in [-0.25, -0.2) is 0 Å². The molecule has 1 rings (SSSR count). The van der Waals surface area contributed by atoms with E-state index in [1.807, 2.05) is 0 Å². The fraction of sp³-hybridized carbons (Fsp3) is 0.286. The van der Waals surface area contributed by atoms with Crippen LogP contribution in [-0.2, 0) is 4.79 Å². The van der Waals surface area contributed by atoms with Gasteiger partial charge in [0, 0.05) is 11.0 Å². The first-order valence-electron chi connectivity index (χ1n) is 3.28. The Morgan fingerprint density at radius 2 is 2.25 bits per heavy atom. The Balaban J connectivity index is 3.08. The van der Waals surface area contributed by atoms with E-state index in [-0.39, 0.29) is 6.29 Å². The summed E-state index contributed by atoms with van der Waals surface area (Å²) < 4.78 is 0. The van der Waals surface area contributed by atoms with Gasteiger partial charge in [0.15, 0.2) is 6.10 Å². The lowest BCUT2D eigenvalue weighted by Gasteiger charge is -2.20. The van der Waals surface area contributed by atoms with Crippen molar-refractivity contribution >= 4 is 6.29 Å². The Kier molecular flexibility index (Phi) is 2.05. The van der Waals surface area contributed by atoms with Gasteiger partial charge in [0.1, 0.15) is 0 Å². The number of allylic oxidation sites excluding steroid dienone is 2. The highest BCUT2D eigenvalue weighted by molar-refractivity contribution is 5.68. The van der Waals surface area contributed by atoms with Crippen LogP contribution in [0.3, 0.4) is 0 Å². The molecule has 0 aromatic carbocycles.